The van der Waals surface area contributed by atoms with E-state index >= 15 is 0 Å². The quantitative estimate of drug-likeness (QED) is 0.587. The van der Waals surface area contributed by atoms with Gasteiger partial charge in [0.05, 0.1) is 13.4 Å². The number of methoxy groups -OCH3 is 1. The molecule has 0 saturated heterocycles. The third kappa shape index (κ3) is 5.45. The van der Waals surface area contributed by atoms with E-state index in [1.807, 2.05) is 0 Å². The van der Waals surface area contributed by atoms with Gasteiger partial charge >= 0.3 is 5.97 Å². The van der Waals surface area contributed by atoms with Crippen molar-refractivity contribution in [2.75, 3.05) is 7.11 Å². The topological polar surface area (TPSA) is 121 Å². The molecule has 0 saturated carbocycles. The highest BCUT2D eigenvalue weighted by Gasteiger charge is 2.21. The zero-order valence-corrected chi connectivity index (χ0v) is 13.7. The Morgan fingerprint density at radius 1 is 1.24 bits per heavy atom. The number of H-pyrrole nitrogens is 1. The van der Waals surface area contributed by atoms with Crippen LogP contribution in [0.1, 0.15) is 28.9 Å². The summed E-state index contributed by atoms with van der Waals surface area (Å²) in [7, 11) is 1.53. The normalized spacial score (nSPS) is 11.6. The van der Waals surface area contributed by atoms with Crippen LogP contribution in [0.3, 0.4) is 0 Å². The summed E-state index contributed by atoms with van der Waals surface area (Å²) in [6.07, 6.45) is 2.93. The number of hydrogen-bond donors (Lipinski definition) is 3. The lowest BCUT2D eigenvalue weighted by molar-refractivity contribution is -0.141. The fourth-order valence-electron chi connectivity index (χ4n) is 2.23. The average Bonchev–Trinajstić information content (AvgIpc) is 3.12. The van der Waals surface area contributed by atoms with Crippen LogP contribution in [-0.2, 0) is 16.0 Å². The van der Waals surface area contributed by atoms with Gasteiger partial charge in [0.1, 0.15) is 11.8 Å². The Labute approximate surface area is 144 Å². The Balaban J connectivity index is 1.85. The van der Waals surface area contributed by atoms with Gasteiger partial charge in [0.25, 0.3) is 0 Å². The van der Waals surface area contributed by atoms with Crippen molar-refractivity contribution in [3.8, 4) is 5.75 Å². The largest absolute Gasteiger partial charge is 0.497 e. The zero-order valence-electron chi connectivity index (χ0n) is 13.7. The fraction of sp³-hybridized carbons (Fsp3) is 0.294. The SMILES string of the molecule is COc1ccc(C(=O)CCC(=O)NC(Cc2cnc[nH]2)C(=O)O)cc1. The molecule has 1 unspecified atom stereocenters. The summed E-state index contributed by atoms with van der Waals surface area (Å²) in [5.41, 5.74) is 1.07. The van der Waals surface area contributed by atoms with E-state index in [0.717, 1.165) is 0 Å². The Morgan fingerprint density at radius 2 is 1.96 bits per heavy atom. The first kappa shape index (κ1) is 18.2. The number of ether oxygens (including phenoxy) is 1. The minimum atomic E-state index is -1.15. The van der Waals surface area contributed by atoms with Gasteiger partial charge in [-0.2, -0.15) is 0 Å². The molecule has 1 amide bonds. The molecule has 2 aromatic rings. The van der Waals surface area contributed by atoms with E-state index in [0.29, 0.717) is 17.0 Å². The van der Waals surface area contributed by atoms with Crippen LogP contribution in [0.15, 0.2) is 36.8 Å². The first-order valence-corrected chi connectivity index (χ1v) is 7.66. The number of amides is 1. The second kappa shape index (κ2) is 8.62. The van der Waals surface area contributed by atoms with Crippen molar-refractivity contribution in [2.24, 2.45) is 0 Å². The molecule has 1 aromatic heterocycles. The van der Waals surface area contributed by atoms with Gasteiger partial charge in [0, 0.05) is 36.7 Å². The molecule has 0 aliphatic rings. The van der Waals surface area contributed by atoms with Gasteiger partial charge in [-0.05, 0) is 24.3 Å². The lowest BCUT2D eigenvalue weighted by atomic mass is 10.1. The smallest absolute Gasteiger partial charge is 0.326 e. The molecular formula is C17H19N3O5. The van der Waals surface area contributed by atoms with Crippen molar-refractivity contribution in [1.29, 1.82) is 0 Å². The molecule has 8 heteroatoms. The number of carboxylic acid groups (broad SMARTS) is 1. The molecule has 25 heavy (non-hydrogen) atoms. The molecule has 0 fully saturated rings. The van der Waals surface area contributed by atoms with Gasteiger partial charge in [-0.3, -0.25) is 9.59 Å². The number of aliphatic carboxylic acids is 1. The summed E-state index contributed by atoms with van der Waals surface area (Å²) in [4.78, 5) is 41.9. The van der Waals surface area contributed by atoms with Crippen LogP contribution in [0.4, 0.5) is 0 Å². The highest BCUT2D eigenvalue weighted by atomic mass is 16.5. The number of imidazole rings is 1. The van der Waals surface area contributed by atoms with Gasteiger partial charge in [0.15, 0.2) is 5.78 Å². The summed E-state index contributed by atoms with van der Waals surface area (Å²) in [6.45, 7) is 0. The predicted octanol–water partition coefficient (Wildman–Crippen LogP) is 1.19. The molecule has 1 heterocycles. The number of hydrogen-bond acceptors (Lipinski definition) is 5. The minimum absolute atomic E-state index is 0.00540. The highest BCUT2D eigenvalue weighted by Crippen LogP contribution is 2.13. The first-order chi connectivity index (χ1) is 12.0. The van der Waals surface area contributed by atoms with Crippen molar-refractivity contribution in [2.45, 2.75) is 25.3 Å². The standard InChI is InChI=1S/C17H19N3O5/c1-25-13-4-2-11(3-5-13)15(21)6-7-16(22)20-14(17(23)24)8-12-9-18-10-19-12/h2-5,9-10,14H,6-8H2,1H3,(H,18,19)(H,20,22)(H,23,24). The molecule has 3 N–H and O–H groups in total. The van der Waals surface area contributed by atoms with Crippen molar-refractivity contribution < 1.29 is 24.2 Å². The monoisotopic (exact) mass is 345 g/mol. The molecule has 1 aromatic carbocycles. The number of carbonyl (C=O) groups excluding carboxylic acids is 2. The van der Waals surface area contributed by atoms with E-state index < -0.39 is 17.9 Å². The number of rotatable bonds is 9. The Bertz CT molecular complexity index is 725. The van der Waals surface area contributed by atoms with Crippen LogP contribution in [0.2, 0.25) is 0 Å². The van der Waals surface area contributed by atoms with Crippen molar-refractivity contribution in [3.05, 3.63) is 48.0 Å². The molecule has 0 radical (unpaired) electrons. The Hall–Kier alpha value is -3.16. The van der Waals surface area contributed by atoms with Gasteiger partial charge in [-0.1, -0.05) is 0 Å². The van der Waals surface area contributed by atoms with Crippen LogP contribution < -0.4 is 10.1 Å². The number of carbonyl (C=O) groups is 3. The number of Topliss-reactive ketones (excluding diaryl/α,β-unsaturated/α-hetero) is 1. The van der Waals surface area contributed by atoms with Crippen LogP contribution in [0.25, 0.3) is 0 Å². The van der Waals surface area contributed by atoms with Crippen molar-refractivity contribution in [3.63, 3.8) is 0 Å². The minimum Gasteiger partial charge on any atom is -0.497 e. The maximum absolute atomic E-state index is 12.1. The highest BCUT2D eigenvalue weighted by molar-refractivity contribution is 5.98. The number of nitrogens with zero attached hydrogens (tertiary/aromatic N) is 1. The molecule has 0 aliphatic heterocycles. The lowest BCUT2D eigenvalue weighted by Crippen LogP contribution is -2.42. The summed E-state index contributed by atoms with van der Waals surface area (Å²) in [6, 6.07) is 5.49. The van der Waals surface area contributed by atoms with Crippen molar-refractivity contribution >= 4 is 17.7 Å². The molecule has 0 aliphatic carbocycles. The second-order valence-electron chi connectivity index (χ2n) is 5.39. The van der Waals surface area contributed by atoms with E-state index in [4.69, 9.17) is 4.74 Å². The van der Waals surface area contributed by atoms with Gasteiger partial charge in [-0.25, -0.2) is 9.78 Å². The number of aromatic nitrogens is 2. The Morgan fingerprint density at radius 3 is 2.52 bits per heavy atom. The van der Waals surface area contributed by atoms with Crippen LogP contribution >= 0.6 is 0 Å². The maximum atomic E-state index is 12.1. The molecule has 0 bridgehead atoms. The number of benzene rings is 1. The summed E-state index contributed by atoms with van der Waals surface area (Å²) >= 11 is 0. The van der Waals surface area contributed by atoms with E-state index in [9.17, 15) is 19.5 Å². The third-order valence-corrected chi connectivity index (χ3v) is 3.60. The Kier molecular flexibility index (Phi) is 6.27. The number of ketones is 1. The number of carboxylic acids is 1. The lowest BCUT2D eigenvalue weighted by Gasteiger charge is -2.13. The second-order valence-corrected chi connectivity index (χ2v) is 5.39. The van der Waals surface area contributed by atoms with E-state index in [-0.39, 0.29) is 25.0 Å². The van der Waals surface area contributed by atoms with Crippen molar-refractivity contribution in [1.82, 2.24) is 15.3 Å². The number of nitrogens with one attached hydrogen (secondary N) is 2. The van der Waals surface area contributed by atoms with Crippen LogP contribution in [-0.4, -0.2) is 45.9 Å². The summed E-state index contributed by atoms with van der Waals surface area (Å²) in [5.74, 6) is -1.20. The predicted molar refractivity (Wildman–Crippen MR) is 88.4 cm³/mol. The molecule has 1 atom stereocenters. The molecule has 2 rings (SSSR count). The molecule has 8 nitrogen and oxygen atoms in total. The number of aromatic amines is 1. The molecular weight excluding hydrogens is 326 g/mol. The third-order valence-electron chi connectivity index (χ3n) is 3.60. The van der Waals surface area contributed by atoms with E-state index in [1.54, 1.807) is 24.3 Å². The summed E-state index contributed by atoms with van der Waals surface area (Å²) in [5, 5.41) is 11.6. The summed E-state index contributed by atoms with van der Waals surface area (Å²) < 4.78 is 5.02. The molecule has 0 spiro atoms. The fourth-order valence-corrected chi connectivity index (χ4v) is 2.23. The maximum Gasteiger partial charge on any atom is 0.326 e. The average molecular weight is 345 g/mol. The van der Waals surface area contributed by atoms with Crippen LogP contribution in [0, 0.1) is 0 Å². The van der Waals surface area contributed by atoms with E-state index in [2.05, 4.69) is 15.3 Å². The zero-order chi connectivity index (χ0) is 18.2. The van der Waals surface area contributed by atoms with Gasteiger partial charge in [-0.15, -0.1) is 0 Å². The first-order valence-electron chi connectivity index (χ1n) is 7.66. The van der Waals surface area contributed by atoms with E-state index in [1.165, 1.54) is 19.6 Å². The molecule has 132 valence electrons. The van der Waals surface area contributed by atoms with Gasteiger partial charge in [0.2, 0.25) is 5.91 Å². The van der Waals surface area contributed by atoms with Gasteiger partial charge < -0.3 is 20.1 Å². The van der Waals surface area contributed by atoms with Crippen LogP contribution in [0.5, 0.6) is 5.75 Å².